The maximum atomic E-state index is 14.1. The van der Waals surface area contributed by atoms with E-state index in [4.69, 9.17) is 21.7 Å². The molecule has 3 aromatic rings. The maximum absolute atomic E-state index is 14.1. The van der Waals surface area contributed by atoms with E-state index >= 15 is 0 Å². The van der Waals surface area contributed by atoms with Gasteiger partial charge in [-0.05, 0) is 79.7 Å². The third-order valence-corrected chi connectivity index (χ3v) is 6.79. The second kappa shape index (κ2) is 10.1. The van der Waals surface area contributed by atoms with Gasteiger partial charge in [0.2, 0.25) is 5.82 Å². The number of thiocarbonyl (C=S) groups is 1. The average Bonchev–Trinajstić information content (AvgIpc) is 3.28. The first kappa shape index (κ1) is 23.4. The first-order valence-electron chi connectivity index (χ1n) is 10.9. The summed E-state index contributed by atoms with van der Waals surface area (Å²) in [6, 6.07) is 14.1. The molecule has 1 aromatic heterocycles. The molecule has 0 fully saturated rings. The van der Waals surface area contributed by atoms with Crippen molar-refractivity contribution in [2.75, 3.05) is 12.8 Å². The lowest BCUT2D eigenvalue weighted by atomic mass is 9.94. The van der Waals surface area contributed by atoms with Gasteiger partial charge in [-0.1, -0.05) is 31.1 Å². The normalized spacial score (nSPS) is 16.5. The zero-order valence-corrected chi connectivity index (χ0v) is 20.8. The molecule has 1 aliphatic rings. The van der Waals surface area contributed by atoms with Crippen LogP contribution in [0.4, 0.5) is 4.39 Å². The van der Waals surface area contributed by atoms with Gasteiger partial charge in [-0.3, -0.25) is 0 Å². The highest BCUT2D eigenvalue weighted by molar-refractivity contribution is 7.98. The maximum Gasteiger partial charge on any atom is 0.258 e. The number of benzene rings is 2. The van der Waals surface area contributed by atoms with Crippen LogP contribution in [0.1, 0.15) is 44.7 Å². The molecule has 0 radical (unpaired) electrons. The average molecular weight is 483 g/mol. The summed E-state index contributed by atoms with van der Waals surface area (Å²) in [7, 11) is 0. The number of halogens is 1. The molecule has 5 nitrogen and oxygen atoms in total. The fourth-order valence-electron chi connectivity index (χ4n) is 3.84. The van der Waals surface area contributed by atoms with Crippen molar-refractivity contribution in [3.8, 4) is 11.4 Å². The summed E-state index contributed by atoms with van der Waals surface area (Å²) in [4.78, 5) is 7.95. The van der Waals surface area contributed by atoms with E-state index in [2.05, 4.69) is 29.2 Å². The molecule has 0 aliphatic carbocycles. The van der Waals surface area contributed by atoms with Crippen LogP contribution in [0.3, 0.4) is 0 Å². The minimum Gasteiger partial charge on any atom is -0.351 e. The summed E-state index contributed by atoms with van der Waals surface area (Å²) in [5, 5.41) is 8.22. The first-order valence-corrected chi connectivity index (χ1v) is 12.5. The third kappa shape index (κ3) is 5.12. The van der Waals surface area contributed by atoms with Gasteiger partial charge in [-0.25, -0.2) is 4.39 Å². The van der Waals surface area contributed by atoms with Gasteiger partial charge >= 0.3 is 0 Å². The highest BCUT2D eigenvalue weighted by atomic mass is 32.2. The van der Waals surface area contributed by atoms with E-state index in [9.17, 15) is 4.39 Å². The Morgan fingerprint density at radius 2 is 1.97 bits per heavy atom. The van der Waals surface area contributed by atoms with Crippen LogP contribution in [-0.2, 0) is 0 Å². The van der Waals surface area contributed by atoms with Crippen LogP contribution in [0.25, 0.3) is 17.0 Å². The monoisotopic (exact) mass is 482 g/mol. The van der Waals surface area contributed by atoms with Gasteiger partial charge < -0.3 is 14.7 Å². The second-order valence-electron chi connectivity index (χ2n) is 8.42. The molecule has 1 aliphatic heterocycles. The zero-order valence-electron chi connectivity index (χ0n) is 19.1. The summed E-state index contributed by atoms with van der Waals surface area (Å²) in [5.41, 5.74) is 3.36. The molecule has 8 heteroatoms. The standard InChI is InChI=1S/C25H27FN4OS2/c1-15(2)12-13-30-16(3)21(22(27-25(30)32)18-6-5-7-19(26)14-18)24-28-23(29-31-24)17-8-10-20(33-4)11-9-17/h5-11,14-15,22H,12-13H2,1-4H3,(H,27,32). The van der Waals surface area contributed by atoms with E-state index in [1.807, 2.05) is 43.5 Å². The molecule has 0 bridgehead atoms. The van der Waals surface area contributed by atoms with Gasteiger partial charge in [0, 0.05) is 22.7 Å². The minimum absolute atomic E-state index is 0.306. The van der Waals surface area contributed by atoms with Crippen molar-refractivity contribution in [1.29, 1.82) is 0 Å². The van der Waals surface area contributed by atoms with Gasteiger partial charge in [-0.2, -0.15) is 4.98 Å². The Hall–Kier alpha value is -2.71. The highest BCUT2D eigenvalue weighted by Crippen LogP contribution is 2.37. The van der Waals surface area contributed by atoms with Gasteiger partial charge in [0.05, 0.1) is 11.6 Å². The highest BCUT2D eigenvalue weighted by Gasteiger charge is 2.34. The Bertz CT molecular complexity index is 1170. The third-order valence-electron chi connectivity index (χ3n) is 5.71. The molecular weight excluding hydrogens is 455 g/mol. The molecule has 0 amide bonds. The van der Waals surface area contributed by atoms with Crippen LogP contribution in [0.15, 0.2) is 63.6 Å². The predicted molar refractivity (Wildman–Crippen MR) is 135 cm³/mol. The molecule has 0 saturated carbocycles. The lowest BCUT2D eigenvalue weighted by Gasteiger charge is -2.37. The number of allylic oxidation sites excluding steroid dienone is 1. The quantitative estimate of drug-likeness (QED) is 0.313. The number of hydrogen-bond acceptors (Lipinski definition) is 5. The molecule has 2 aromatic carbocycles. The van der Waals surface area contributed by atoms with Gasteiger partial charge in [0.15, 0.2) is 5.11 Å². The fraction of sp³-hybridized carbons (Fsp3) is 0.320. The Labute approximate surface area is 203 Å². The minimum atomic E-state index is -0.393. The molecule has 4 rings (SSSR count). The van der Waals surface area contributed by atoms with Crippen molar-refractivity contribution in [2.45, 2.75) is 38.1 Å². The topological polar surface area (TPSA) is 54.2 Å². The molecule has 1 N–H and O–H groups in total. The van der Waals surface area contributed by atoms with Crippen LogP contribution in [0.5, 0.6) is 0 Å². The lowest BCUT2D eigenvalue weighted by molar-refractivity contribution is 0.390. The second-order valence-corrected chi connectivity index (χ2v) is 9.69. The van der Waals surface area contributed by atoms with Crippen LogP contribution >= 0.6 is 24.0 Å². The molecule has 2 heterocycles. The van der Waals surface area contributed by atoms with Crippen molar-refractivity contribution in [1.82, 2.24) is 20.4 Å². The van der Waals surface area contributed by atoms with Crippen LogP contribution < -0.4 is 5.32 Å². The number of rotatable bonds is 7. The Morgan fingerprint density at radius 3 is 2.64 bits per heavy atom. The molecule has 0 spiro atoms. The molecule has 172 valence electrons. The van der Waals surface area contributed by atoms with E-state index in [0.717, 1.165) is 40.3 Å². The van der Waals surface area contributed by atoms with E-state index in [0.29, 0.717) is 22.7 Å². The number of aromatic nitrogens is 2. The molecular formula is C25H27FN4OS2. The number of hydrogen-bond donors (Lipinski definition) is 1. The summed E-state index contributed by atoms with van der Waals surface area (Å²) in [6.07, 6.45) is 3.02. The Morgan fingerprint density at radius 1 is 1.21 bits per heavy atom. The van der Waals surface area contributed by atoms with E-state index in [-0.39, 0.29) is 5.82 Å². The molecule has 33 heavy (non-hydrogen) atoms. The van der Waals surface area contributed by atoms with Crippen molar-refractivity contribution >= 4 is 34.7 Å². The smallest absolute Gasteiger partial charge is 0.258 e. The van der Waals surface area contributed by atoms with E-state index < -0.39 is 6.04 Å². The van der Waals surface area contributed by atoms with Crippen molar-refractivity contribution < 1.29 is 8.91 Å². The number of nitrogens with zero attached hydrogens (tertiary/aromatic N) is 3. The van der Waals surface area contributed by atoms with Crippen molar-refractivity contribution in [2.24, 2.45) is 5.92 Å². The summed E-state index contributed by atoms with van der Waals surface area (Å²) in [6.45, 7) is 7.14. The summed E-state index contributed by atoms with van der Waals surface area (Å²) >= 11 is 7.37. The van der Waals surface area contributed by atoms with E-state index in [1.54, 1.807) is 17.8 Å². The van der Waals surface area contributed by atoms with Crippen molar-refractivity contribution in [3.05, 3.63) is 71.5 Å². The van der Waals surface area contributed by atoms with Crippen molar-refractivity contribution in [3.63, 3.8) is 0 Å². The lowest BCUT2D eigenvalue weighted by Crippen LogP contribution is -2.46. The molecule has 1 unspecified atom stereocenters. The largest absolute Gasteiger partial charge is 0.351 e. The van der Waals surface area contributed by atoms with Crippen LogP contribution in [-0.4, -0.2) is 33.0 Å². The number of thioether (sulfide) groups is 1. The Balaban J connectivity index is 1.77. The molecule has 0 saturated heterocycles. The van der Waals surface area contributed by atoms with E-state index in [1.165, 1.54) is 12.1 Å². The zero-order chi connectivity index (χ0) is 23.5. The SMILES string of the molecule is CSc1ccc(-c2noc(C3=C(C)N(CCC(C)C)C(=S)NC3c3cccc(F)c3)n2)cc1. The Kier molecular flexibility index (Phi) is 7.14. The fourth-order valence-corrected chi connectivity index (χ4v) is 4.60. The van der Waals surface area contributed by atoms with Gasteiger partial charge in [0.25, 0.3) is 5.89 Å². The van der Waals surface area contributed by atoms with Gasteiger partial charge in [-0.15, -0.1) is 11.8 Å². The van der Waals surface area contributed by atoms with Crippen LogP contribution in [0.2, 0.25) is 0 Å². The van der Waals surface area contributed by atoms with Gasteiger partial charge in [0.1, 0.15) is 5.82 Å². The molecule has 1 atom stereocenters. The summed E-state index contributed by atoms with van der Waals surface area (Å²) < 4.78 is 19.8. The summed E-state index contributed by atoms with van der Waals surface area (Å²) in [5.74, 6) is 1.14. The first-order chi connectivity index (χ1) is 15.9. The number of nitrogens with one attached hydrogen (secondary N) is 1. The predicted octanol–water partition coefficient (Wildman–Crippen LogP) is 6.31. The van der Waals surface area contributed by atoms with Crippen LogP contribution in [0, 0.1) is 11.7 Å².